The lowest BCUT2D eigenvalue weighted by molar-refractivity contribution is -0.153. The lowest BCUT2D eigenvalue weighted by Gasteiger charge is -2.34. The highest BCUT2D eigenvalue weighted by Crippen LogP contribution is 2.29. The van der Waals surface area contributed by atoms with E-state index >= 15 is 0 Å². The molecule has 4 rings (SSSR count). The summed E-state index contributed by atoms with van der Waals surface area (Å²) in [6.45, 7) is -1.02. The normalized spacial score (nSPS) is 17.9. The van der Waals surface area contributed by atoms with Crippen LogP contribution in [0.1, 0.15) is 16.8 Å². The number of benzene rings is 1. The molecule has 3 heterocycles. The fourth-order valence-corrected chi connectivity index (χ4v) is 4.00. The molecule has 1 unspecified atom stereocenters. The van der Waals surface area contributed by atoms with E-state index in [1.807, 2.05) is 10.6 Å². The number of aromatic nitrogens is 3. The van der Waals surface area contributed by atoms with E-state index < -0.39 is 17.7 Å². The van der Waals surface area contributed by atoms with Crippen LogP contribution in [0.4, 0.5) is 19.0 Å². The van der Waals surface area contributed by atoms with Crippen LogP contribution in [0.3, 0.4) is 0 Å². The molecule has 0 bridgehead atoms. The molecule has 1 aliphatic rings. The molecule has 1 aliphatic heterocycles. The molecule has 0 fully saturated rings. The first-order chi connectivity index (χ1) is 16.7. The highest BCUT2D eigenvalue weighted by atomic mass is 35.5. The zero-order valence-electron chi connectivity index (χ0n) is 18.2. The molecule has 0 radical (unpaired) electrons. The molecule has 0 saturated carbocycles. The first-order valence-corrected chi connectivity index (χ1v) is 10.9. The van der Waals surface area contributed by atoms with Gasteiger partial charge >= 0.3 is 6.18 Å². The third-order valence-corrected chi connectivity index (χ3v) is 5.68. The van der Waals surface area contributed by atoms with Crippen LogP contribution >= 0.6 is 11.6 Å². The topological polar surface area (TPSA) is 84.0 Å². The van der Waals surface area contributed by atoms with Crippen LogP contribution in [0, 0.1) is 11.3 Å². The number of carbonyl (C=O) groups is 1. The lowest BCUT2D eigenvalue weighted by Crippen LogP contribution is -2.47. The predicted octanol–water partition coefficient (Wildman–Crippen LogP) is 4.26. The Morgan fingerprint density at radius 3 is 2.80 bits per heavy atom. The van der Waals surface area contributed by atoms with Gasteiger partial charge in [-0.3, -0.25) is 9.69 Å². The van der Waals surface area contributed by atoms with Crippen molar-refractivity contribution in [1.29, 1.82) is 5.26 Å². The molecule has 0 N–H and O–H groups in total. The number of nitrogens with zero attached hydrogens (tertiary/aromatic N) is 5. The van der Waals surface area contributed by atoms with Crippen molar-refractivity contribution >= 4 is 23.3 Å². The third kappa shape index (κ3) is 6.00. The van der Waals surface area contributed by atoms with Crippen molar-refractivity contribution in [2.45, 2.75) is 24.0 Å². The first kappa shape index (κ1) is 24.3. The van der Waals surface area contributed by atoms with Crippen LogP contribution in [-0.2, 0) is 17.8 Å². The first-order valence-electron chi connectivity index (χ1n) is 10.5. The van der Waals surface area contributed by atoms with Gasteiger partial charge in [0.05, 0.1) is 23.3 Å². The van der Waals surface area contributed by atoms with Gasteiger partial charge in [0.1, 0.15) is 17.6 Å². The van der Waals surface area contributed by atoms with Gasteiger partial charge in [0, 0.05) is 37.1 Å². The van der Waals surface area contributed by atoms with Crippen molar-refractivity contribution in [2.24, 2.45) is 0 Å². The number of halogens is 4. The summed E-state index contributed by atoms with van der Waals surface area (Å²) in [4.78, 5) is 21.4. The zero-order valence-corrected chi connectivity index (χ0v) is 19.0. The third-order valence-electron chi connectivity index (χ3n) is 5.31. The molecule has 7 nitrogen and oxygen atoms in total. The summed E-state index contributed by atoms with van der Waals surface area (Å²) < 4.78 is 44.4. The van der Waals surface area contributed by atoms with Crippen LogP contribution in [-0.4, -0.2) is 44.6 Å². The van der Waals surface area contributed by atoms with Gasteiger partial charge in [-0.1, -0.05) is 18.2 Å². The molecule has 0 aliphatic carbocycles. The van der Waals surface area contributed by atoms with Gasteiger partial charge in [-0.2, -0.15) is 18.4 Å². The number of anilines is 1. The monoisotopic (exact) mass is 501 g/mol. The van der Waals surface area contributed by atoms with Crippen LogP contribution in [0.5, 0.6) is 5.75 Å². The minimum Gasteiger partial charge on any atom is -0.483 e. The number of imidazole rings is 1. The number of hydrogen-bond donors (Lipinski definition) is 0. The summed E-state index contributed by atoms with van der Waals surface area (Å²) in [5.41, 5.74) is 1.39. The molecule has 11 heteroatoms. The maximum absolute atomic E-state index is 12.6. The summed E-state index contributed by atoms with van der Waals surface area (Å²) in [5, 5.41) is 9.19. The van der Waals surface area contributed by atoms with E-state index in [1.54, 1.807) is 49.1 Å². The molecular formula is C24H19ClF3N5O2. The Labute approximate surface area is 204 Å². The highest BCUT2D eigenvalue weighted by Gasteiger charge is 2.35. The average Bonchev–Trinajstić information content (AvgIpc) is 3.25. The van der Waals surface area contributed by atoms with Gasteiger partial charge in [-0.15, -0.1) is 11.6 Å². The minimum atomic E-state index is -4.52. The van der Waals surface area contributed by atoms with Crippen molar-refractivity contribution < 1.29 is 22.7 Å². The maximum atomic E-state index is 12.6. The standard InChI is InChI=1S/C24H19ClF3N5O2/c25-23(7-6-22(34)33(14-23)21-3-1-2-8-31-21)13-32-16-30-12-19(32)9-17-4-5-18(11-29)20(10-17)35-15-24(26,27)28/h1-8,10,12,16H,9,13-15H2. The van der Waals surface area contributed by atoms with E-state index in [0.717, 1.165) is 5.69 Å². The number of rotatable bonds is 7. The van der Waals surface area contributed by atoms with E-state index in [0.29, 0.717) is 17.8 Å². The molecule has 180 valence electrons. The van der Waals surface area contributed by atoms with Crippen LogP contribution in [0.25, 0.3) is 0 Å². The van der Waals surface area contributed by atoms with E-state index in [4.69, 9.17) is 16.3 Å². The molecule has 0 saturated heterocycles. The number of ether oxygens (including phenoxy) is 1. The summed E-state index contributed by atoms with van der Waals surface area (Å²) in [7, 11) is 0. The molecule has 1 amide bonds. The Morgan fingerprint density at radius 1 is 1.26 bits per heavy atom. The summed E-state index contributed by atoms with van der Waals surface area (Å²) in [5.74, 6) is 0.124. The Hall–Kier alpha value is -3.84. The molecular weight excluding hydrogens is 483 g/mol. The molecule has 35 heavy (non-hydrogen) atoms. The Kier molecular flexibility index (Phi) is 6.80. The molecule has 2 aromatic heterocycles. The number of amides is 1. The molecule has 1 aromatic carbocycles. The maximum Gasteiger partial charge on any atom is 0.422 e. The number of pyridine rings is 1. The molecule has 0 spiro atoms. The number of nitriles is 1. The Bertz CT molecular complexity index is 1290. The quantitative estimate of drug-likeness (QED) is 0.452. The molecule has 1 atom stereocenters. The van der Waals surface area contributed by atoms with Crippen molar-refractivity contribution in [3.05, 3.63) is 84.1 Å². The second-order valence-corrected chi connectivity index (χ2v) is 8.77. The lowest BCUT2D eigenvalue weighted by atomic mass is 10.0. The number of hydrogen-bond acceptors (Lipinski definition) is 5. The van der Waals surface area contributed by atoms with Gasteiger partial charge < -0.3 is 9.30 Å². The summed E-state index contributed by atoms with van der Waals surface area (Å²) in [6, 6.07) is 11.6. The summed E-state index contributed by atoms with van der Waals surface area (Å²) >= 11 is 6.88. The van der Waals surface area contributed by atoms with E-state index in [1.165, 1.54) is 23.1 Å². The van der Waals surface area contributed by atoms with Crippen LogP contribution < -0.4 is 9.64 Å². The van der Waals surface area contributed by atoms with Gasteiger partial charge in [0.2, 0.25) is 0 Å². The second kappa shape index (κ2) is 9.80. The van der Waals surface area contributed by atoms with E-state index in [9.17, 15) is 23.2 Å². The summed E-state index contributed by atoms with van der Waals surface area (Å²) in [6.07, 6.45) is 3.66. The van der Waals surface area contributed by atoms with E-state index in [-0.39, 0.29) is 30.3 Å². The Morgan fingerprint density at radius 2 is 2.09 bits per heavy atom. The van der Waals surface area contributed by atoms with E-state index in [2.05, 4.69) is 9.97 Å². The molecule has 3 aromatic rings. The van der Waals surface area contributed by atoms with Crippen molar-refractivity contribution in [3.63, 3.8) is 0 Å². The van der Waals surface area contributed by atoms with Gasteiger partial charge in [0.15, 0.2) is 6.61 Å². The van der Waals surface area contributed by atoms with Crippen molar-refractivity contribution in [1.82, 2.24) is 14.5 Å². The second-order valence-electron chi connectivity index (χ2n) is 8.02. The minimum absolute atomic E-state index is 0.0119. The zero-order chi connectivity index (χ0) is 25.1. The van der Waals surface area contributed by atoms with Crippen LogP contribution in [0.2, 0.25) is 0 Å². The predicted molar refractivity (Wildman–Crippen MR) is 122 cm³/mol. The Balaban J connectivity index is 1.52. The number of alkyl halides is 4. The fourth-order valence-electron chi connectivity index (χ4n) is 3.69. The van der Waals surface area contributed by atoms with Crippen LogP contribution in [0.15, 0.2) is 67.3 Å². The van der Waals surface area contributed by atoms with Gasteiger partial charge in [0.25, 0.3) is 5.91 Å². The number of carbonyl (C=O) groups excluding carboxylic acids is 1. The fraction of sp³-hybridized carbons (Fsp3) is 0.250. The van der Waals surface area contributed by atoms with Crippen molar-refractivity contribution in [2.75, 3.05) is 18.1 Å². The largest absolute Gasteiger partial charge is 0.483 e. The van der Waals surface area contributed by atoms with Gasteiger partial charge in [-0.05, 0) is 29.8 Å². The highest BCUT2D eigenvalue weighted by molar-refractivity contribution is 6.27. The average molecular weight is 502 g/mol. The smallest absolute Gasteiger partial charge is 0.422 e. The van der Waals surface area contributed by atoms with Gasteiger partial charge in [-0.25, -0.2) is 9.97 Å². The SMILES string of the molecule is N#Cc1ccc(Cc2cncn2CC2(Cl)C=CC(=O)N(c3ccccn3)C2)cc1OCC(F)(F)F. The van der Waals surface area contributed by atoms with Crippen molar-refractivity contribution in [3.8, 4) is 11.8 Å².